The Morgan fingerprint density at radius 2 is 1.97 bits per heavy atom. The van der Waals surface area contributed by atoms with Gasteiger partial charge >= 0.3 is 0 Å². The number of nitro benzene ring substituents is 1. The smallest absolute Gasteiger partial charge is 0.269 e. The molecule has 0 bridgehead atoms. The maximum absolute atomic E-state index is 13.5. The monoisotopic (exact) mass is 459 g/mol. The second-order valence-corrected chi connectivity index (χ2v) is 8.49. The third kappa shape index (κ3) is 4.12. The molecular weight excluding hydrogens is 434 g/mol. The molecule has 34 heavy (non-hydrogen) atoms. The normalized spacial score (nSPS) is 19.1. The standard InChI is InChI=1S/C25H25N5O4/c1-34-20-8-5-18(6-9-20)27-25(31)21-15-17-14-19(30(32)33)7-10-22(17)29-13-12-28(16-23(21)29)24-4-2-3-11-26-24/h2-11,14,21,23H,12-13,15-16H2,1H3,(H,27,31). The zero-order valence-electron chi connectivity index (χ0n) is 18.8. The van der Waals surface area contributed by atoms with Crippen molar-refractivity contribution in [3.63, 3.8) is 0 Å². The fourth-order valence-corrected chi connectivity index (χ4v) is 4.88. The summed E-state index contributed by atoms with van der Waals surface area (Å²) < 4.78 is 5.20. The van der Waals surface area contributed by atoms with Crippen LogP contribution in [0.3, 0.4) is 0 Å². The second kappa shape index (κ2) is 9.01. The summed E-state index contributed by atoms with van der Waals surface area (Å²) in [6, 6.07) is 17.9. The number of benzene rings is 2. The van der Waals surface area contributed by atoms with Crippen LogP contribution in [0.15, 0.2) is 66.9 Å². The number of anilines is 3. The van der Waals surface area contributed by atoms with Crippen LogP contribution in [0, 0.1) is 16.0 Å². The molecule has 0 radical (unpaired) electrons. The molecule has 0 spiro atoms. The first-order valence-corrected chi connectivity index (χ1v) is 11.2. The third-order valence-electron chi connectivity index (χ3n) is 6.57. The molecule has 0 aliphatic carbocycles. The van der Waals surface area contributed by atoms with E-state index < -0.39 is 4.92 Å². The molecule has 0 saturated carbocycles. The summed E-state index contributed by atoms with van der Waals surface area (Å²) in [5.74, 6) is 1.09. The number of nitrogens with zero attached hydrogens (tertiary/aromatic N) is 4. The lowest BCUT2D eigenvalue weighted by atomic mass is 9.83. The summed E-state index contributed by atoms with van der Waals surface area (Å²) in [6.07, 6.45) is 2.20. The van der Waals surface area contributed by atoms with E-state index >= 15 is 0 Å². The molecule has 2 aromatic carbocycles. The number of methoxy groups -OCH3 is 1. The minimum absolute atomic E-state index is 0.0404. The molecule has 9 heteroatoms. The van der Waals surface area contributed by atoms with Crippen LogP contribution in [-0.4, -0.2) is 48.6 Å². The van der Waals surface area contributed by atoms with Gasteiger partial charge in [-0.25, -0.2) is 4.98 Å². The highest BCUT2D eigenvalue weighted by atomic mass is 16.6. The number of carbonyl (C=O) groups is 1. The Kier molecular flexibility index (Phi) is 5.75. The van der Waals surface area contributed by atoms with E-state index in [1.165, 1.54) is 0 Å². The molecule has 2 unspecified atom stereocenters. The van der Waals surface area contributed by atoms with Crippen LogP contribution < -0.4 is 19.9 Å². The molecule has 3 heterocycles. The van der Waals surface area contributed by atoms with Gasteiger partial charge in [0.15, 0.2) is 0 Å². The number of nitrogens with one attached hydrogen (secondary N) is 1. The van der Waals surface area contributed by atoms with E-state index in [0.29, 0.717) is 30.9 Å². The van der Waals surface area contributed by atoms with Crippen molar-refractivity contribution in [2.75, 3.05) is 41.9 Å². The molecule has 1 saturated heterocycles. The van der Waals surface area contributed by atoms with Crippen LogP contribution in [0.5, 0.6) is 5.75 Å². The van der Waals surface area contributed by atoms with E-state index in [1.54, 1.807) is 49.7 Å². The average molecular weight is 460 g/mol. The van der Waals surface area contributed by atoms with Crippen molar-refractivity contribution in [3.05, 3.63) is 82.5 Å². The summed E-state index contributed by atoms with van der Waals surface area (Å²) >= 11 is 0. The van der Waals surface area contributed by atoms with E-state index in [4.69, 9.17) is 4.74 Å². The van der Waals surface area contributed by atoms with E-state index in [2.05, 4.69) is 20.1 Å². The number of pyridine rings is 1. The molecule has 1 N–H and O–H groups in total. The molecule has 1 aromatic heterocycles. The fourth-order valence-electron chi connectivity index (χ4n) is 4.88. The highest BCUT2D eigenvalue weighted by Crippen LogP contribution is 2.38. The predicted octanol–water partition coefficient (Wildman–Crippen LogP) is 3.50. The van der Waals surface area contributed by atoms with Crippen molar-refractivity contribution in [2.45, 2.75) is 12.5 Å². The van der Waals surface area contributed by atoms with Crippen molar-refractivity contribution in [1.82, 2.24) is 4.98 Å². The number of hydrogen-bond donors (Lipinski definition) is 1. The van der Waals surface area contributed by atoms with E-state index in [1.807, 2.05) is 24.3 Å². The quantitative estimate of drug-likeness (QED) is 0.460. The summed E-state index contributed by atoms with van der Waals surface area (Å²) in [7, 11) is 1.59. The van der Waals surface area contributed by atoms with Crippen LogP contribution in [0.4, 0.5) is 22.9 Å². The van der Waals surface area contributed by atoms with Gasteiger partial charge in [-0.1, -0.05) is 6.07 Å². The number of carbonyl (C=O) groups excluding carboxylic acids is 1. The number of aromatic nitrogens is 1. The average Bonchev–Trinajstić information content (AvgIpc) is 2.88. The molecular formula is C25H25N5O4. The van der Waals surface area contributed by atoms with Crippen molar-refractivity contribution in [3.8, 4) is 5.75 Å². The van der Waals surface area contributed by atoms with Gasteiger partial charge in [0.25, 0.3) is 5.69 Å². The summed E-state index contributed by atoms with van der Waals surface area (Å²) in [5, 5.41) is 14.4. The number of fused-ring (bicyclic) bond motifs is 3. The van der Waals surface area contributed by atoms with Crippen LogP contribution in [0.25, 0.3) is 0 Å². The van der Waals surface area contributed by atoms with Gasteiger partial charge in [0.2, 0.25) is 5.91 Å². The Morgan fingerprint density at radius 3 is 2.68 bits per heavy atom. The third-order valence-corrected chi connectivity index (χ3v) is 6.57. The van der Waals surface area contributed by atoms with Crippen molar-refractivity contribution in [1.29, 1.82) is 0 Å². The van der Waals surface area contributed by atoms with E-state index in [9.17, 15) is 14.9 Å². The van der Waals surface area contributed by atoms with Gasteiger partial charge in [-0.3, -0.25) is 14.9 Å². The SMILES string of the molecule is COc1ccc(NC(=O)C2Cc3cc([N+](=O)[O-])ccc3N3CCN(c4ccccn4)CC23)cc1. The molecule has 174 valence electrons. The van der Waals surface area contributed by atoms with Crippen LogP contribution in [0.1, 0.15) is 5.56 Å². The first-order valence-electron chi connectivity index (χ1n) is 11.2. The van der Waals surface area contributed by atoms with Gasteiger partial charge in [0.05, 0.1) is 24.0 Å². The van der Waals surface area contributed by atoms with Crippen LogP contribution in [-0.2, 0) is 11.2 Å². The highest BCUT2D eigenvalue weighted by molar-refractivity contribution is 5.94. The van der Waals surface area contributed by atoms with E-state index in [0.717, 1.165) is 23.6 Å². The van der Waals surface area contributed by atoms with Crippen molar-refractivity contribution in [2.24, 2.45) is 5.92 Å². The summed E-state index contributed by atoms with van der Waals surface area (Å²) in [4.78, 5) is 33.4. The molecule has 2 aliphatic rings. The Morgan fingerprint density at radius 1 is 1.15 bits per heavy atom. The molecule has 2 atom stereocenters. The Balaban J connectivity index is 1.46. The minimum Gasteiger partial charge on any atom is -0.497 e. The Labute approximate surface area is 197 Å². The van der Waals surface area contributed by atoms with Gasteiger partial charge in [-0.15, -0.1) is 0 Å². The van der Waals surface area contributed by atoms with Crippen molar-refractivity contribution < 1.29 is 14.5 Å². The lowest BCUT2D eigenvalue weighted by molar-refractivity contribution is -0.384. The number of non-ortho nitro benzene ring substituents is 1. The Bertz CT molecular complexity index is 1200. The minimum atomic E-state index is -0.391. The van der Waals surface area contributed by atoms with Crippen LogP contribution in [0.2, 0.25) is 0 Å². The first-order chi connectivity index (χ1) is 16.5. The van der Waals surface area contributed by atoms with Gasteiger partial charge in [0, 0.05) is 49.3 Å². The number of nitro groups is 1. The molecule has 5 rings (SSSR count). The first kappa shape index (κ1) is 21.7. The molecule has 3 aromatic rings. The van der Waals surface area contributed by atoms with Crippen molar-refractivity contribution >= 4 is 28.8 Å². The molecule has 9 nitrogen and oxygen atoms in total. The molecule has 2 aliphatic heterocycles. The Hall–Kier alpha value is -4.14. The lowest BCUT2D eigenvalue weighted by Gasteiger charge is -2.49. The zero-order chi connectivity index (χ0) is 23.7. The van der Waals surface area contributed by atoms with Gasteiger partial charge < -0.3 is 19.9 Å². The number of rotatable bonds is 5. The second-order valence-electron chi connectivity index (χ2n) is 8.49. The highest BCUT2D eigenvalue weighted by Gasteiger charge is 2.42. The summed E-state index contributed by atoms with van der Waals surface area (Å²) in [5.41, 5.74) is 2.51. The number of hydrogen-bond acceptors (Lipinski definition) is 7. The largest absolute Gasteiger partial charge is 0.497 e. The van der Waals surface area contributed by atoms with Gasteiger partial charge in [-0.2, -0.15) is 0 Å². The molecule has 1 fully saturated rings. The fraction of sp³-hybridized carbons (Fsp3) is 0.280. The predicted molar refractivity (Wildman–Crippen MR) is 129 cm³/mol. The number of amides is 1. The number of ether oxygens (including phenoxy) is 1. The lowest BCUT2D eigenvalue weighted by Crippen LogP contribution is -2.60. The zero-order valence-corrected chi connectivity index (χ0v) is 18.8. The topological polar surface area (TPSA) is 101 Å². The van der Waals surface area contributed by atoms with Gasteiger partial charge in [-0.05, 0) is 54.4 Å². The maximum atomic E-state index is 13.5. The van der Waals surface area contributed by atoms with Gasteiger partial charge in [0.1, 0.15) is 11.6 Å². The number of piperazine rings is 1. The molecule has 1 amide bonds. The van der Waals surface area contributed by atoms with E-state index in [-0.39, 0.29) is 23.6 Å². The maximum Gasteiger partial charge on any atom is 0.269 e. The summed E-state index contributed by atoms with van der Waals surface area (Å²) in [6.45, 7) is 2.07. The van der Waals surface area contributed by atoms with Crippen LogP contribution >= 0.6 is 0 Å².